The zero-order valence-corrected chi connectivity index (χ0v) is 24.9. The first-order valence-corrected chi connectivity index (χ1v) is 16.0. The van der Waals surface area contributed by atoms with Gasteiger partial charge in [-0.05, 0) is 117 Å². The van der Waals surface area contributed by atoms with Gasteiger partial charge in [-0.25, -0.2) is 13.2 Å². The molecule has 1 saturated heterocycles. The van der Waals surface area contributed by atoms with Crippen molar-refractivity contribution in [2.45, 2.75) is 76.7 Å². The van der Waals surface area contributed by atoms with E-state index in [0.717, 1.165) is 82.4 Å². The minimum atomic E-state index is -0.842. The molecule has 2 heterocycles. The van der Waals surface area contributed by atoms with Gasteiger partial charge in [-0.2, -0.15) is 5.10 Å². The highest BCUT2D eigenvalue weighted by molar-refractivity contribution is 5.70. The summed E-state index contributed by atoms with van der Waals surface area (Å²) in [6, 6.07) is 13.1. The van der Waals surface area contributed by atoms with Crippen LogP contribution in [0.5, 0.6) is 0 Å². The number of aromatic nitrogens is 2. The predicted octanol–water partition coefficient (Wildman–Crippen LogP) is 7.40. The van der Waals surface area contributed by atoms with Gasteiger partial charge in [-0.15, -0.1) is 0 Å². The van der Waals surface area contributed by atoms with Crippen molar-refractivity contribution in [2.24, 2.45) is 23.7 Å². The van der Waals surface area contributed by atoms with E-state index in [1.807, 2.05) is 10.7 Å². The summed E-state index contributed by atoms with van der Waals surface area (Å²) in [4.78, 5) is 14.8. The highest BCUT2D eigenvalue weighted by Gasteiger charge is 2.43. The Bertz CT molecular complexity index is 1430. The molecule has 0 spiro atoms. The van der Waals surface area contributed by atoms with Gasteiger partial charge in [0.25, 0.3) is 0 Å². The lowest BCUT2D eigenvalue weighted by atomic mass is 9.85. The first kappa shape index (κ1) is 29.9. The molecular formula is C35H42F3N3O2. The van der Waals surface area contributed by atoms with Crippen LogP contribution in [0.15, 0.2) is 48.5 Å². The molecule has 0 bridgehead atoms. The quantitative estimate of drug-likeness (QED) is 0.252. The maximum Gasteiger partial charge on any atom is 0.306 e. The highest BCUT2D eigenvalue weighted by atomic mass is 19.2. The normalized spacial score (nSPS) is 24.0. The maximum atomic E-state index is 14.3. The standard InChI is InChI=1S/C35H42F3N3O2/c1-2-41-34(20-29(39-41)14-23-8-9-32(37)33(38)16-23)24-10-12-40(13-11-24)21-27-17-26(31(35(42)43)15-22-6-7-22)19-30(27)25-4-3-5-28(36)18-25/h3-5,8-9,16,18,20,22,24,26-27,30-31H,2,6-7,10-15,17,19,21H2,1H3,(H,42,43)/t26?,27-,30-,31?/m1/s1. The van der Waals surface area contributed by atoms with Crippen LogP contribution in [0.25, 0.3) is 0 Å². The van der Waals surface area contributed by atoms with E-state index in [2.05, 4.69) is 17.9 Å². The topological polar surface area (TPSA) is 58.4 Å². The Labute approximate surface area is 252 Å². The summed E-state index contributed by atoms with van der Waals surface area (Å²) in [6.45, 7) is 5.61. The van der Waals surface area contributed by atoms with Gasteiger partial charge in [0.05, 0.1) is 11.6 Å². The van der Waals surface area contributed by atoms with E-state index in [-0.39, 0.29) is 23.6 Å². The third-order valence-electron chi connectivity index (χ3n) is 10.2. The number of nitrogens with zero attached hydrogens (tertiary/aromatic N) is 3. The zero-order chi connectivity index (χ0) is 30.1. The summed E-state index contributed by atoms with van der Waals surface area (Å²) < 4.78 is 43.4. The first-order chi connectivity index (χ1) is 20.8. The van der Waals surface area contributed by atoms with Gasteiger partial charge < -0.3 is 10.0 Å². The average molecular weight is 594 g/mol. The van der Waals surface area contributed by atoms with Crippen molar-refractivity contribution in [3.05, 3.63) is 88.5 Å². The van der Waals surface area contributed by atoms with E-state index in [0.29, 0.717) is 29.7 Å². The fourth-order valence-electron chi connectivity index (χ4n) is 7.81. The van der Waals surface area contributed by atoms with Crippen LogP contribution in [0.1, 0.15) is 86.2 Å². The number of benzene rings is 2. The lowest BCUT2D eigenvalue weighted by Crippen LogP contribution is -2.37. The van der Waals surface area contributed by atoms with Gasteiger partial charge in [-0.1, -0.05) is 31.0 Å². The van der Waals surface area contributed by atoms with Crippen LogP contribution in [-0.4, -0.2) is 45.4 Å². The van der Waals surface area contributed by atoms with Crippen molar-refractivity contribution in [1.82, 2.24) is 14.7 Å². The predicted molar refractivity (Wildman–Crippen MR) is 159 cm³/mol. The number of piperidine rings is 1. The van der Waals surface area contributed by atoms with Crippen molar-refractivity contribution in [2.75, 3.05) is 19.6 Å². The minimum absolute atomic E-state index is 0.126. The van der Waals surface area contributed by atoms with Crippen LogP contribution in [0.3, 0.4) is 0 Å². The number of rotatable bonds is 11. The van der Waals surface area contributed by atoms with Gasteiger partial charge >= 0.3 is 5.97 Å². The molecule has 6 rings (SSSR count). The Morgan fingerprint density at radius 2 is 1.79 bits per heavy atom. The Hall–Kier alpha value is -3.13. The van der Waals surface area contributed by atoms with Gasteiger partial charge in [-0.3, -0.25) is 9.48 Å². The van der Waals surface area contributed by atoms with Crippen molar-refractivity contribution in [3.8, 4) is 0 Å². The van der Waals surface area contributed by atoms with Crippen LogP contribution in [0.2, 0.25) is 0 Å². The molecular weight excluding hydrogens is 551 g/mol. The second-order valence-corrected chi connectivity index (χ2v) is 13.2. The maximum absolute atomic E-state index is 14.3. The summed E-state index contributed by atoms with van der Waals surface area (Å²) in [5, 5.41) is 14.9. The molecule has 8 heteroatoms. The van der Waals surface area contributed by atoms with Crippen LogP contribution >= 0.6 is 0 Å². The second kappa shape index (κ2) is 12.8. The third-order valence-corrected chi connectivity index (χ3v) is 10.2. The number of carboxylic acids is 1. The molecule has 3 aliphatic rings. The molecule has 2 aromatic carbocycles. The minimum Gasteiger partial charge on any atom is -0.481 e. The molecule has 5 nitrogen and oxygen atoms in total. The van der Waals surface area contributed by atoms with Crippen molar-refractivity contribution in [1.29, 1.82) is 0 Å². The summed E-state index contributed by atoms with van der Waals surface area (Å²) >= 11 is 0. The third kappa shape index (κ3) is 7.00. The Balaban J connectivity index is 1.12. The van der Waals surface area contributed by atoms with Crippen molar-refractivity contribution in [3.63, 3.8) is 0 Å². The smallest absolute Gasteiger partial charge is 0.306 e. The molecule has 4 atom stereocenters. The van der Waals surface area contributed by atoms with Crippen LogP contribution in [-0.2, 0) is 17.8 Å². The van der Waals surface area contributed by atoms with E-state index in [1.165, 1.54) is 23.9 Å². The van der Waals surface area contributed by atoms with E-state index >= 15 is 0 Å². The van der Waals surface area contributed by atoms with E-state index in [9.17, 15) is 23.1 Å². The lowest BCUT2D eigenvalue weighted by Gasteiger charge is -2.35. The molecule has 2 unspecified atom stereocenters. The Kier molecular flexibility index (Phi) is 8.94. The number of halogens is 3. The zero-order valence-electron chi connectivity index (χ0n) is 24.9. The van der Waals surface area contributed by atoms with Crippen LogP contribution in [0, 0.1) is 41.1 Å². The fraction of sp³-hybridized carbons (Fsp3) is 0.543. The SMILES string of the molecule is CCn1nc(Cc2ccc(F)c(F)c2)cc1C1CCN(C[C@H]2CC(C(CC3CC3)C(=O)O)C[C@@H]2c2cccc(F)c2)CC1. The number of aliphatic carboxylic acids is 1. The molecule has 3 aromatic rings. The molecule has 230 valence electrons. The summed E-state index contributed by atoms with van der Waals surface area (Å²) in [5.74, 6) is -1.38. The highest BCUT2D eigenvalue weighted by Crippen LogP contribution is 2.49. The van der Waals surface area contributed by atoms with Crippen molar-refractivity contribution < 1.29 is 23.1 Å². The van der Waals surface area contributed by atoms with Gasteiger partial charge in [0, 0.05) is 31.1 Å². The summed E-state index contributed by atoms with van der Waals surface area (Å²) in [7, 11) is 0. The molecule has 1 N–H and O–H groups in total. The number of likely N-dealkylation sites (tertiary alicyclic amines) is 1. The Morgan fingerprint density at radius 3 is 2.47 bits per heavy atom. The van der Waals surface area contributed by atoms with Gasteiger partial charge in [0.15, 0.2) is 11.6 Å². The molecule has 2 saturated carbocycles. The number of hydrogen-bond donors (Lipinski definition) is 1. The van der Waals surface area contributed by atoms with E-state index in [4.69, 9.17) is 5.10 Å². The molecule has 0 radical (unpaired) electrons. The molecule has 1 aromatic heterocycles. The second-order valence-electron chi connectivity index (χ2n) is 13.2. The van der Waals surface area contributed by atoms with Crippen LogP contribution in [0.4, 0.5) is 13.2 Å². The number of hydrogen-bond acceptors (Lipinski definition) is 3. The number of carboxylic acid groups (broad SMARTS) is 1. The summed E-state index contributed by atoms with van der Waals surface area (Å²) in [5.41, 5.74) is 3.76. The molecule has 0 amide bonds. The van der Waals surface area contributed by atoms with E-state index < -0.39 is 17.6 Å². The van der Waals surface area contributed by atoms with Crippen molar-refractivity contribution >= 4 is 5.97 Å². The fourth-order valence-corrected chi connectivity index (χ4v) is 7.81. The van der Waals surface area contributed by atoms with Gasteiger partial charge in [0.2, 0.25) is 0 Å². The van der Waals surface area contributed by atoms with Gasteiger partial charge in [0.1, 0.15) is 5.82 Å². The molecule has 1 aliphatic heterocycles. The monoisotopic (exact) mass is 593 g/mol. The number of aryl methyl sites for hydroxylation is 1. The largest absolute Gasteiger partial charge is 0.481 e. The first-order valence-electron chi connectivity index (χ1n) is 16.0. The summed E-state index contributed by atoms with van der Waals surface area (Å²) in [6.07, 6.45) is 7.20. The lowest BCUT2D eigenvalue weighted by molar-refractivity contribution is -0.144. The Morgan fingerprint density at radius 1 is 1.00 bits per heavy atom. The molecule has 43 heavy (non-hydrogen) atoms. The molecule has 3 fully saturated rings. The number of carbonyl (C=O) groups is 1. The van der Waals surface area contributed by atoms with E-state index in [1.54, 1.807) is 18.2 Å². The average Bonchev–Trinajstić information content (AvgIpc) is 3.58. The molecule has 2 aliphatic carbocycles. The van der Waals surface area contributed by atoms with Crippen LogP contribution < -0.4 is 0 Å².